The van der Waals surface area contributed by atoms with Crippen LogP contribution in [0.15, 0.2) is 47.5 Å². The van der Waals surface area contributed by atoms with Gasteiger partial charge in [0.25, 0.3) is 0 Å². The minimum atomic E-state index is -0.438. The minimum absolute atomic E-state index is 0.180. The number of aromatic nitrogens is 4. The van der Waals surface area contributed by atoms with Crippen LogP contribution in [0.5, 0.6) is 5.75 Å². The number of pyridine rings is 1. The number of nitrogens with zero attached hydrogens (tertiary/aromatic N) is 4. The predicted molar refractivity (Wildman–Crippen MR) is 87.9 cm³/mol. The quantitative estimate of drug-likeness (QED) is 0.536. The van der Waals surface area contributed by atoms with Crippen LogP contribution in [0.1, 0.15) is 0 Å². The van der Waals surface area contributed by atoms with Gasteiger partial charge < -0.3 is 4.74 Å². The molecule has 0 bridgehead atoms. The molecule has 1 aromatic carbocycles. The van der Waals surface area contributed by atoms with Crippen molar-refractivity contribution in [2.45, 2.75) is 0 Å². The lowest BCUT2D eigenvalue weighted by Crippen LogP contribution is -1.92. The monoisotopic (exact) mass is 372 g/mol. The molecule has 0 atom stereocenters. The lowest BCUT2D eigenvalue weighted by atomic mass is 10.0. The fourth-order valence-electron chi connectivity index (χ4n) is 2.58. The Kier molecular flexibility index (Phi) is 3.23. The lowest BCUT2D eigenvalue weighted by molar-refractivity contribution is 0.387. The molecule has 0 aliphatic rings. The molecule has 0 radical (unpaired) electrons. The van der Waals surface area contributed by atoms with Gasteiger partial charge in [0.2, 0.25) is 0 Å². The zero-order valence-electron chi connectivity index (χ0n) is 12.0. The third-order valence-corrected chi connectivity index (χ3v) is 4.04. The summed E-state index contributed by atoms with van der Waals surface area (Å²) >= 11 is 3.37. The highest BCUT2D eigenvalue weighted by molar-refractivity contribution is 9.10. The van der Waals surface area contributed by atoms with Crippen molar-refractivity contribution in [1.82, 2.24) is 19.6 Å². The lowest BCUT2D eigenvalue weighted by Gasteiger charge is -2.08. The molecule has 0 N–H and O–H groups in total. The second-order valence-electron chi connectivity index (χ2n) is 4.96. The zero-order chi connectivity index (χ0) is 16.0. The van der Waals surface area contributed by atoms with Crippen LogP contribution in [0.2, 0.25) is 0 Å². The van der Waals surface area contributed by atoms with E-state index in [1.54, 1.807) is 29.2 Å². The van der Waals surface area contributed by atoms with Crippen LogP contribution in [0.4, 0.5) is 4.39 Å². The van der Waals surface area contributed by atoms with Gasteiger partial charge in [-0.05, 0) is 33.6 Å². The van der Waals surface area contributed by atoms with Crippen LogP contribution in [0, 0.1) is 5.82 Å². The molecular formula is C16H10BrFN4O. The summed E-state index contributed by atoms with van der Waals surface area (Å²) < 4.78 is 21.5. The smallest absolute Gasteiger partial charge is 0.167 e. The number of rotatable bonds is 2. The van der Waals surface area contributed by atoms with Gasteiger partial charge in [-0.1, -0.05) is 0 Å². The number of hydrogen-bond acceptors (Lipinski definition) is 4. The van der Waals surface area contributed by atoms with Gasteiger partial charge in [0.1, 0.15) is 0 Å². The van der Waals surface area contributed by atoms with Crippen LogP contribution in [-0.2, 0) is 0 Å². The molecule has 0 aliphatic heterocycles. The van der Waals surface area contributed by atoms with E-state index >= 15 is 0 Å². The van der Waals surface area contributed by atoms with E-state index in [-0.39, 0.29) is 5.75 Å². The third kappa shape index (κ3) is 2.24. The maximum absolute atomic E-state index is 13.9. The highest BCUT2D eigenvalue weighted by atomic mass is 79.9. The fraction of sp³-hybridized carbons (Fsp3) is 0.0625. The first-order valence-corrected chi connectivity index (χ1v) is 7.58. The van der Waals surface area contributed by atoms with E-state index in [1.807, 2.05) is 12.3 Å². The average Bonchev–Trinajstić information content (AvgIpc) is 2.96. The van der Waals surface area contributed by atoms with Crippen molar-refractivity contribution < 1.29 is 9.13 Å². The minimum Gasteiger partial charge on any atom is -0.494 e. The van der Waals surface area contributed by atoms with Gasteiger partial charge in [-0.15, -0.1) is 0 Å². The van der Waals surface area contributed by atoms with Gasteiger partial charge in [-0.25, -0.2) is 13.9 Å². The summed E-state index contributed by atoms with van der Waals surface area (Å²) in [5.74, 6) is -0.259. The van der Waals surface area contributed by atoms with Gasteiger partial charge in [-0.3, -0.25) is 4.98 Å². The van der Waals surface area contributed by atoms with Crippen molar-refractivity contribution in [1.29, 1.82) is 0 Å². The van der Waals surface area contributed by atoms with E-state index in [9.17, 15) is 4.39 Å². The SMILES string of the molecule is COc1cc2c(-c3cnn4cc(Br)cnc34)ccnc2cc1F. The number of methoxy groups -OCH3 is 1. The van der Waals surface area contributed by atoms with Crippen LogP contribution in [-0.4, -0.2) is 26.7 Å². The summed E-state index contributed by atoms with van der Waals surface area (Å²) in [6.45, 7) is 0. The Balaban J connectivity index is 2.04. The summed E-state index contributed by atoms with van der Waals surface area (Å²) in [6.07, 6.45) is 6.92. The molecule has 0 amide bonds. The standard InChI is InChI=1S/C16H10BrFN4O/c1-23-15-4-11-10(2-3-19-14(11)5-13(15)18)12-7-21-22-8-9(17)6-20-16(12)22/h2-8H,1H3. The van der Waals surface area contributed by atoms with E-state index in [4.69, 9.17) is 4.74 Å². The highest BCUT2D eigenvalue weighted by Gasteiger charge is 2.14. The Bertz CT molecular complexity index is 1050. The number of fused-ring (bicyclic) bond motifs is 2. The Labute approximate surface area is 138 Å². The molecule has 0 saturated carbocycles. The third-order valence-electron chi connectivity index (χ3n) is 3.63. The second-order valence-corrected chi connectivity index (χ2v) is 5.88. The molecule has 114 valence electrons. The first kappa shape index (κ1) is 14.1. The molecule has 0 unspecified atom stereocenters. The topological polar surface area (TPSA) is 52.3 Å². The Morgan fingerprint density at radius 2 is 2.04 bits per heavy atom. The highest BCUT2D eigenvalue weighted by Crippen LogP contribution is 2.33. The summed E-state index contributed by atoms with van der Waals surface area (Å²) in [5, 5.41) is 5.10. The average molecular weight is 373 g/mol. The van der Waals surface area contributed by atoms with E-state index in [0.29, 0.717) is 11.2 Å². The van der Waals surface area contributed by atoms with Gasteiger partial charge in [-0.2, -0.15) is 5.10 Å². The van der Waals surface area contributed by atoms with Gasteiger partial charge >= 0.3 is 0 Å². The van der Waals surface area contributed by atoms with Crippen molar-refractivity contribution in [2.75, 3.05) is 7.11 Å². The molecule has 0 saturated heterocycles. The molecule has 0 fully saturated rings. The Morgan fingerprint density at radius 3 is 2.87 bits per heavy atom. The van der Waals surface area contributed by atoms with E-state index in [1.165, 1.54) is 13.2 Å². The zero-order valence-corrected chi connectivity index (χ0v) is 13.6. The van der Waals surface area contributed by atoms with Crippen LogP contribution in [0.3, 0.4) is 0 Å². The summed E-state index contributed by atoms with van der Waals surface area (Å²) in [6, 6.07) is 4.88. The molecule has 0 aliphatic carbocycles. The first-order valence-electron chi connectivity index (χ1n) is 6.79. The number of ether oxygens (including phenoxy) is 1. The Morgan fingerprint density at radius 1 is 1.17 bits per heavy atom. The molecule has 23 heavy (non-hydrogen) atoms. The fourth-order valence-corrected chi connectivity index (χ4v) is 2.88. The van der Waals surface area contributed by atoms with Gasteiger partial charge in [0.15, 0.2) is 17.2 Å². The normalized spacial score (nSPS) is 11.3. The predicted octanol–water partition coefficient (Wildman–Crippen LogP) is 3.85. The molecule has 3 heterocycles. The summed E-state index contributed by atoms with van der Waals surface area (Å²) in [7, 11) is 1.44. The molecule has 5 nitrogen and oxygen atoms in total. The molecule has 0 spiro atoms. The largest absolute Gasteiger partial charge is 0.494 e. The molecular weight excluding hydrogens is 363 g/mol. The van der Waals surface area contributed by atoms with Crippen LogP contribution >= 0.6 is 15.9 Å². The second kappa shape index (κ2) is 5.27. The summed E-state index contributed by atoms with van der Waals surface area (Å²) in [4.78, 5) is 8.64. The number of halogens is 2. The molecule has 4 rings (SSSR count). The molecule has 7 heteroatoms. The first-order chi connectivity index (χ1) is 11.2. The van der Waals surface area contributed by atoms with Crippen molar-refractivity contribution in [3.8, 4) is 16.9 Å². The van der Waals surface area contributed by atoms with E-state index in [2.05, 4.69) is 31.0 Å². The maximum Gasteiger partial charge on any atom is 0.167 e. The van der Waals surface area contributed by atoms with E-state index < -0.39 is 5.82 Å². The molecule has 3 aromatic heterocycles. The molecule has 4 aromatic rings. The van der Waals surface area contributed by atoms with Gasteiger partial charge in [0.05, 0.1) is 23.3 Å². The van der Waals surface area contributed by atoms with Crippen molar-refractivity contribution in [3.05, 3.63) is 53.3 Å². The summed E-state index contributed by atoms with van der Waals surface area (Å²) in [5.41, 5.74) is 2.98. The van der Waals surface area contributed by atoms with Crippen molar-refractivity contribution in [3.63, 3.8) is 0 Å². The number of benzene rings is 1. The Hall–Kier alpha value is -2.54. The van der Waals surface area contributed by atoms with Crippen LogP contribution in [0.25, 0.3) is 27.7 Å². The number of hydrogen-bond donors (Lipinski definition) is 0. The van der Waals surface area contributed by atoms with Crippen molar-refractivity contribution in [2.24, 2.45) is 0 Å². The maximum atomic E-state index is 13.9. The van der Waals surface area contributed by atoms with Crippen molar-refractivity contribution >= 4 is 32.5 Å². The van der Waals surface area contributed by atoms with Crippen LogP contribution < -0.4 is 4.74 Å². The van der Waals surface area contributed by atoms with Gasteiger partial charge in [0, 0.05) is 35.6 Å². The van der Waals surface area contributed by atoms with E-state index in [0.717, 1.165) is 21.0 Å².